The van der Waals surface area contributed by atoms with Gasteiger partial charge in [-0.1, -0.05) is 0 Å². The number of carbonyl (C=O) groups is 1. The van der Waals surface area contributed by atoms with E-state index in [0.29, 0.717) is 0 Å². The van der Waals surface area contributed by atoms with E-state index in [1.165, 1.54) is 23.9 Å². The smallest absolute Gasteiger partial charge is 0.361 e. The van der Waals surface area contributed by atoms with Crippen LogP contribution in [0.15, 0.2) is 12.3 Å². The number of aromatic nitrogens is 1. The van der Waals surface area contributed by atoms with Crippen LogP contribution in [0.5, 0.6) is 0 Å². The number of nitrogens with zero attached hydrogens (tertiary/aromatic N) is 2. The van der Waals surface area contributed by atoms with E-state index in [1.807, 2.05) is 0 Å². The lowest BCUT2D eigenvalue weighted by molar-refractivity contribution is -0.385. The number of hydrogen-bond donors (Lipinski definition) is 0. The third-order valence-corrected chi connectivity index (χ3v) is 1.63. The second-order valence-corrected chi connectivity index (χ2v) is 2.41. The van der Waals surface area contributed by atoms with Gasteiger partial charge in [-0.05, 0) is 0 Å². The summed E-state index contributed by atoms with van der Waals surface area (Å²) in [6.07, 6.45) is 1.43. The molecule has 0 atom stereocenters. The van der Waals surface area contributed by atoms with Gasteiger partial charge < -0.3 is 9.30 Å². The zero-order valence-corrected chi connectivity index (χ0v) is 7.18. The van der Waals surface area contributed by atoms with Gasteiger partial charge in [0.05, 0.1) is 12.0 Å². The van der Waals surface area contributed by atoms with E-state index in [4.69, 9.17) is 0 Å². The van der Waals surface area contributed by atoms with Gasteiger partial charge in [-0.15, -0.1) is 0 Å². The van der Waals surface area contributed by atoms with Crippen LogP contribution in [-0.2, 0) is 11.8 Å². The molecular formula is C7H8N2O4. The van der Waals surface area contributed by atoms with Crippen molar-refractivity contribution >= 4 is 11.7 Å². The number of carbonyl (C=O) groups excluding carboxylic acids is 1. The molecule has 0 aromatic carbocycles. The van der Waals surface area contributed by atoms with Crippen molar-refractivity contribution in [3.63, 3.8) is 0 Å². The van der Waals surface area contributed by atoms with Crippen LogP contribution in [0.1, 0.15) is 10.5 Å². The molecule has 0 aliphatic rings. The summed E-state index contributed by atoms with van der Waals surface area (Å²) in [5.41, 5.74) is -0.290. The van der Waals surface area contributed by atoms with Crippen molar-refractivity contribution in [3.8, 4) is 0 Å². The summed E-state index contributed by atoms with van der Waals surface area (Å²) >= 11 is 0. The Balaban J connectivity index is 3.24. The average Bonchev–Trinajstić information content (AvgIpc) is 2.46. The molecule has 1 rings (SSSR count). The Kier molecular flexibility index (Phi) is 2.32. The van der Waals surface area contributed by atoms with E-state index in [1.54, 1.807) is 7.05 Å². The van der Waals surface area contributed by atoms with Gasteiger partial charge in [0.25, 0.3) is 0 Å². The van der Waals surface area contributed by atoms with Crippen LogP contribution in [0.4, 0.5) is 5.69 Å². The lowest BCUT2D eigenvalue weighted by Crippen LogP contribution is -2.09. The van der Waals surface area contributed by atoms with Crippen LogP contribution < -0.4 is 0 Å². The standard InChI is InChI=1S/C7H8N2O4/c1-8-4-3-5(9(11)12)6(8)7(10)13-2/h3-4H,1-2H3. The topological polar surface area (TPSA) is 74.4 Å². The third-order valence-electron chi connectivity index (χ3n) is 1.63. The summed E-state index contributed by atoms with van der Waals surface area (Å²) in [6.45, 7) is 0. The van der Waals surface area contributed by atoms with Gasteiger partial charge in [0.1, 0.15) is 0 Å². The maximum atomic E-state index is 11.1. The summed E-state index contributed by atoms with van der Waals surface area (Å²) < 4.78 is 5.75. The molecule has 6 nitrogen and oxygen atoms in total. The maximum absolute atomic E-state index is 11.1. The fourth-order valence-electron chi connectivity index (χ4n) is 1.01. The molecule has 0 fully saturated rings. The highest BCUT2D eigenvalue weighted by Crippen LogP contribution is 2.19. The number of methoxy groups -OCH3 is 1. The van der Waals surface area contributed by atoms with E-state index >= 15 is 0 Å². The van der Waals surface area contributed by atoms with Gasteiger partial charge in [-0.25, -0.2) is 4.79 Å². The minimum absolute atomic E-state index is 0.0486. The van der Waals surface area contributed by atoms with E-state index in [-0.39, 0.29) is 11.4 Å². The number of ether oxygens (including phenoxy) is 1. The number of rotatable bonds is 2. The fourth-order valence-corrected chi connectivity index (χ4v) is 1.01. The van der Waals surface area contributed by atoms with Gasteiger partial charge in [-0.2, -0.15) is 0 Å². The van der Waals surface area contributed by atoms with E-state index in [2.05, 4.69) is 4.74 Å². The highest BCUT2D eigenvalue weighted by atomic mass is 16.6. The van der Waals surface area contributed by atoms with Crippen molar-refractivity contribution in [1.29, 1.82) is 0 Å². The molecule has 70 valence electrons. The Labute approximate surface area is 73.9 Å². The quantitative estimate of drug-likeness (QED) is 0.385. The van der Waals surface area contributed by atoms with E-state index in [0.717, 1.165) is 0 Å². The molecule has 6 heteroatoms. The Morgan fingerprint density at radius 2 is 2.31 bits per heavy atom. The summed E-state index contributed by atoms with van der Waals surface area (Å²) in [5, 5.41) is 10.4. The third kappa shape index (κ3) is 1.51. The Bertz CT molecular complexity index is 355. The first-order valence-electron chi connectivity index (χ1n) is 3.46. The van der Waals surface area contributed by atoms with Crippen LogP contribution in [0.25, 0.3) is 0 Å². The predicted molar refractivity (Wildman–Crippen MR) is 43.4 cm³/mol. The van der Waals surface area contributed by atoms with Crippen LogP contribution >= 0.6 is 0 Å². The van der Waals surface area contributed by atoms with Crippen molar-refractivity contribution in [2.45, 2.75) is 0 Å². The average molecular weight is 184 g/mol. The molecule has 1 aromatic rings. The molecule has 1 heterocycles. The molecule has 0 saturated heterocycles. The molecule has 0 unspecified atom stereocenters. The molecule has 0 radical (unpaired) electrons. The van der Waals surface area contributed by atoms with Crippen LogP contribution in [0.3, 0.4) is 0 Å². The molecule has 13 heavy (non-hydrogen) atoms. The normalized spacial score (nSPS) is 9.69. The Morgan fingerprint density at radius 1 is 1.69 bits per heavy atom. The zero-order valence-electron chi connectivity index (χ0n) is 7.18. The molecule has 0 aliphatic carbocycles. The van der Waals surface area contributed by atoms with Gasteiger partial charge >= 0.3 is 11.7 Å². The van der Waals surface area contributed by atoms with Crippen LogP contribution in [0, 0.1) is 10.1 Å². The molecule has 0 aliphatic heterocycles. The lowest BCUT2D eigenvalue weighted by atomic mass is 10.4. The van der Waals surface area contributed by atoms with Gasteiger partial charge in [-0.3, -0.25) is 10.1 Å². The minimum atomic E-state index is -0.709. The first-order valence-corrected chi connectivity index (χ1v) is 3.46. The van der Waals surface area contributed by atoms with Crippen molar-refractivity contribution in [2.24, 2.45) is 7.05 Å². The van der Waals surface area contributed by atoms with Crippen LogP contribution in [0.2, 0.25) is 0 Å². The molecule has 1 aromatic heterocycles. The highest BCUT2D eigenvalue weighted by molar-refractivity contribution is 5.92. The first kappa shape index (κ1) is 9.24. The molecule has 0 spiro atoms. The van der Waals surface area contributed by atoms with Gasteiger partial charge in [0.15, 0.2) is 0 Å². The molecular weight excluding hydrogens is 176 g/mol. The summed E-state index contributed by atoms with van der Waals surface area (Å²) in [6, 6.07) is 1.26. The number of hydrogen-bond acceptors (Lipinski definition) is 4. The van der Waals surface area contributed by atoms with Crippen molar-refractivity contribution < 1.29 is 14.5 Å². The van der Waals surface area contributed by atoms with Gasteiger partial charge in [0.2, 0.25) is 5.69 Å². The van der Waals surface area contributed by atoms with Gasteiger partial charge in [0, 0.05) is 19.3 Å². The molecule has 0 N–H and O–H groups in total. The Hall–Kier alpha value is -1.85. The Morgan fingerprint density at radius 3 is 2.77 bits per heavy atom. The minimum Gasteiger partial charge on any atom is -0.464 e. The second-order valence-electron chi connectivity index (χ2n) is 2.41. The van der Waals surface area contributed by atoms with Crippen molar-refractivity contribution in [3.05, 3.63) is 28.1 Å². The second kappa shape index (κ2) is 3.26. The number of aryl methyl sites for hydroxylation is 1. The van der Waals surface area contributed by atoms with Crippen LogP contribution in [-0.4, -0.2) is 22.6 Å². The van der Waals surface area contributed by atoms with E-state index < -0.39 is 10.9 Å². The predicted octanol–water partition coefficient (Wildman–Crippen LogP) is 0.720. The summed E-state index contributed by atoms with van der Waals surface area (Å²) in [7, 11) is 2.72. The lowest BCUT2D eigenvalue weighted by Gasteiger charge is -1.99. The maximum Gasteiger partial charge on any atom is 0.361 e. The number of esters is 1. The highest BCUT2D eigenvalue weighted by Gasteiger charge is 2.24. The monoisotopic (exact) mass is 184 g/mol. The molecule has 0 saturated carbocycles. The van der Waals surface area contributed by atoms with Crippen molar-refractivity contribution in [1.82, 2.24) is 4.57 Å². The van der Waals surface area contributed by atoms with E-state index in [9.17, 15) is 14.9 Å². The zero-order chi connectivity index (χ0) is 10.0. The largest absolute Gasteiger partial charge is 0.464 e. The first-order chi connectivity index (χ1) is 6.07. The summed E-state index contributed by atoms with van der Waals surface area (Å²) in [4.78, 5) is 20.9. The fraction of sp³-hybridized carbons (Fsp3) is 0.286. The molecule has 0 amide bonds. The SMILES string of the molecule is COC(=O)c1c([N+](=O)[O-])ccn1C. The number of nitro groups is 1. The summed E-state index contributed by atoms with van der Waals surface area (Å²) in [5.74, 6) is -0.709. The van der Waals surface area contributed by atoms with Crippen molar-refractivity contribution in [2.75, 3.05) is 7.11 Å². The molecule has 0 bridgehead atoms.